The van der Waals surface area contributed by atoms with Gasteiger partial charge in [-0.25, -0.2) is 4.98 Å². The highest BCUT2D eigenvalue weighted by Crippen LogP contribution is 2.19. The van der Waals surface area contributed by atoms with Gasteiger partial charge in [-0.1, -0.05) is 30.3 Å². The number of hydrogen-bond donors (Lipinski definition) is 1. The highest BCUT2D eigenvalue weighted by atomic mass is 35.5. The van der Waals surface area contributed by atoms with Gasteiger partial charge < -0.3 is 5.11 Å². The van der Waals surface area contributed by atoms with Crippen LogP contribution in [0.15, 0.2) is 30.3 Å². The van der Waals surface area contributed by atoms with Gasteiger partial charge in [0.05, 0.1) is 0 Å². The fourth-order valence-electron chi connectivity index (χ4n) is 1.97. The summed E-state index contributed by atoms with van der Waals surface area (Å²) in [5, 5.41) is 17.5. The number of aliphatic hydroxyl groups excluding tert-OH is 1. The first kappa shape index (κ1) is 15.0. The molecule has 0 amide bonds. The van der Waals surface area contributed by atoms with Gasteiger partial charge in [0, 0.05) is 18.6 Å². The summed E-state index contributed by atoms with van der Waals surface area (Å²) in [7, 11) is 0. The van der Waals surface area contributed by atoms with Gasteiger partial charge in [0.1, 0.15) is 0 Å². The molecule has 1 N–H and O–H groups in total. The molecule has 2 aromatic heterocycles. The molecule has 114 valence electrons. The standard InChI is InChI=1S/C13H12Cl2N6O/c14-12-17-13(15)21(19-12)20-11(9-5-2-1-3-6-9)16-10(18-20)7-4-8-22/h1-3,5-6,22H,4,7-8H2. The molecule has 0 aliphatic heterocycles. The highest BCUT2D eigenvalue weighted by Gasteiger charge is 2.17. The van der Waals surface area contributed by atoms with Gasteiger partial charge in [-0.3, -0.25) is 0 Å². The van der Waals surface area contributed by atoms with E-state index in [9.17, 15) is 0 Å². The Labute approximate surface area is 136 Å². The van der Waals surface area contributed by atoms with Crippen molar-refractivity contribution in [2.75, 3.05) is 6.61 Å². The largest absolute Gasteiger partial charge is 0.396 e. The number of benzene rings is 1. The molecular weight excluding hydrogens is 327 g/mol. The summed E-state index contributed by atoms with van der Waals surface area (Å²) in [6, 6.07) is 9.52. The van der Waals surface area contributed by atoms with Crippen molar-refractivity contribution in [2.45, 2.75) is 12.8 Å². The molecule has 3 aromatic rings. The van der Waals surface area contributed by atoms with E-state index in [0.29, 0.717) is 24.5 Å². The number of nitrogens with zero attached hydrogens (tertiary/aromatic N) is 6. The molecule has 0 unspecified atom stereocenters. The molecule has 1 aromatic carbocycles. The highest BCUT2D eigenvalue weighted by molar-refractivity contribution is 6.31. The molecular formula is C13H12Cl2N6O. The van der Waals surface area contributed by atoms with Crippen LogP contribution < -0.4 is 0 Å². The third-order valence-corrected chi connectivity index (χ3v) is 3.33. The van der Waals surface area contributed by atoms with Crippen LogP contribution in [0.2, 0.25) is 10.6 Å². The molecule has 22 heavy (non-hydrogen) atoms. The Hall–Kier alpha value is -1.96. The summed E-state index contributed by atoms with van der Waals surface area (Å²) in [5.41, 5.74) is 0.855. The molecule has 0 atom stereocenters. The van der Waals surface area contributed by atoms with E-state index in [4.69, 9.17) is 28.3 Å². The zero-order valence-electron chi connectivity index (χ0n) is 11.4. The first-order valence-corrected chi connectivity index (χ1v) is 7.35. The summed E-state index contributed by atoms with van der Waals surface area (Å²) in [6.45, 7) is 0.0745. The predicted octanol–water partition coefficient (Wildman–Crippen LogP) is 2.08. The lowest BCUT2D eigenvalue weighted by Crippen LogP contribution is -2.15. The zero-order valence-corrected chi connectivity index (χ0v) is 12.9. The summed E-state index contributed by atoms with van der Waals surface area (Å²) < 4.78 is 0. The lowest BCUT2D eigenvalue weighted by Gasteiger charge is -2.05. The van der Waals surface area contributed by atoms with Crippen LogP contribution in [-0.4, -0.2) is 41.5 Å². The quantitative estimate of drug-likeness (QED) is 0.770. The number of rotatable bonds is 5. The van der Waals surface area contributed by atoms with E-state index >= 15 is 0 Å². The SMILES string of the molecule is OCCCc1nc(-c2ccccc2)n(-n2nc(Cl)nc2Cl)n1. The van der Waals surface area contributed by atoms with Crippen molar-refractivity contribution in [3.8, 4) is 11.4 Å². The summed E-state index contributed by atoms with van der Waals surface area (Å²) in [4.78, 5) is 11.1. The van der Waals surface area contributed by atoms with Gasteiger partial charge in [-0.05, 0) is 29.6 Å². The second kappa shape index (κ2) is 6.43. The van der Waals surface area contributed by atoms with E-state index in [0.717, 1.165) is 5.56 Å². The molecule has 3 rings (SSSR count). The zero-order chi connectivity index (χ0) is 15.5. The predicted molar refractivity (Wildman–Crippen MR) is 81.7 cm³/mol. The molecule has 0 saturated heterocycles. The topological polar surface area (TPSA) is 81.7 Å². The fourth-order valence-corrected chi connectivity index (χ4v) is 2.36. The molecule has 0 fully saturated rings. The fraction of sp³-hybridized carbons (Fsp3) is 0.231. The third-order valence-electron chi connectivity index (χ3n) is 2.93. The van der Waals surface area contributed by atoms with Crippen LogP contribution in [0.3, 0.4) is 0 Å². The number of aliphatic hydroxyl groups is 1. The normalized spacial score (nSPS) is 11.0. The van der Waals surface area contributed by atoms with Crippen LogP contribution in [0.25, 0.3) is 11.4 Å². The average molecular weight is 339 g/mol. The van der Waals surface area contributed by atoms with Crippen molar-refractivity contribution >= 4 is 23.2 Å². The molecule has 0 aliphatic rings. The molecule has 0 saturated carbocycles. The first-order chi connectivity index (χ1) is 10.7. The Kier molecular flexibility index (Phi) is 4.37. The van der Waals surface area contributed by atoms with Gasteiger partial charge in [-0.15, -0.1) is 19.8 Å². The number of halogens is 2. The minimum atomic E-state index is 0.0245. The average Bonchev–Trinajstić information content (AvgIpc) is 3.09. The van der Waals surface area contributed by atoms with Crippen molar-refractivity contribution in [3.63, 3.8) is 0 Å². The lowest BCUT2D eigenvalue weighted by molar-refractivity contribution is 0.287. The maximum Gasteiger partial charge on any atom is 0.245 e. The van der Waals surface area contributed by atoms with E-state index < -0.39 is 0 Å². The molecule has 9 heteroatoms. The van der Waals surface area contributed by atoms with Gasteiger partial charge in [0.15, 0.2) is 11.6 Å². The Morgan fingerprint density at radius 1 is 1.00 bits per heavy atom. The van der Waals surface area contributed by atoms with Crippen LogP contribution in [0.5, 0.6) is 0 Å². The Balaban J connectivity index is 2.11. The van der Waals surface area contributed by atoms with Crippen LogP contribution in [-0.2, 0) is 6.42 Å². The summed E-state index contributed by atoms with van der Waals surface area (Å²) in [6.07, 6.45) is 1.12. The molecule has 0 aliphatic carbocycles. The van der Waals surface area contributed by atoms with Crippen molar-refractivity contribution in [2.24, 2.45) is 0 Å². The Morgan fingerprint density at radius 3 is 2.41 bits per heavy atom. The van der Waals surface area contributed by atoms with Gasteiger partial charge in [-0.2, -0.15) is 4.98 Å². The van der Waals surface area contributed by atoms with E-state index in [-0.39, 0.29) is 17.2 Å². The van der Waals surface area contributed by atoms with E-state index in [1.165, 1.54) is 9.58 Å². The minimum Gasteiger partial charge on any atom is -0.396 e. The number of aryl methyl sites for hydroxylation is 1. The summed E-state index contributed by atoms with van der Waals surface area (Å²) in [5.74, 6) is 1.15. The second-order valence-corrected chi connectivity index (χ2v) is 5.15. The van der Waals surface area contributed by atoms with E-state index in [2.05, 4.69) is 20.2 Å². The van der Waals surface area contributed by atoms with Crippen molar-refractivity contribution in [1.82, 2.24) is 29.7 Å². The van der Waals surface area contributed by atoms with Gasteiger partial charge in [0.2, 0.25) is 10.6 Å². The Morgan fingerprint density at radius 2 is 1.77 bits per heavy atom. The van der Waals surface area contributed by atoms with Crippen LogP contribution in [0.4, 0.5) is 0 Å². The maximum atomic E-state index is 8.96. The molecule has 7 nitrogen and oxygen atoms in total. The van der Waals surface area contributed by atoms with Crippen molar-refractivity contribution in [1.29, 1.82) is 0 Å². The van der Waals surface area contributed by atoms with E-state index in [1.54, 1.807) is 0 Å². The number of aromatic nitrogens is 6. The van der Waals surface area contributed by atoms with Crippen LogP contribution >= 0.6 is 23.2 Å². The lowest BCUT2D eigenvalue weighted by atomic mass is 10.2. The summed E-state index contributed by atoms with van der Waals surface area (Å²) >= 11 is 11.8. The molecule has 0 spiro atoms. The second-order valence-electron chi connectivity index (χ2n) is 4.47. The molecule has 0 radical (unpaired) electrons. The number of hydrogen-bond acceptors (Lipinski definition) is 5. The van der Waals surface area contributed by atoms with Gasteiger partial charge >= 0.3 is 0 Å². The Bertz CT molecular complexity index is 770. The van der Waals surface area contributed by atoms with Crippen LogP contribution in [0.1, 0.15) is 12.2 Å². The van der Waals surface area contributed by atoms with Crippen molar-refractivity contribution < 1.29 is 5.11 Å². The minimum absolute atomic E-state index is 0.0245. The monoisotopic (exact) mass is 338 g/mol. The van der Waals surface area contributed by atoms with Crippen molar-refractivity contribution in [3.05, 3.63) is 46.7 Å². The van der Waals surface area contributed by atoms with Crippen LogP contribution in [0, 0.1) is 0 Å². The molecule has 0 bridgehead atoms. The van der Waals surface area contributed by atoms with E-state index in [1.807, 2.05) is 30.3 Å². The smallest absolute Gasteiger partial charge is 0.245 e. The third kappa shape index (κ3) is 2.96. The first-order valence-electron chi connectivity index (χ1n) is 6.60. The maximum absolute atomic E-state index is 8.96. The molecule has 2 heterocycles. The van der Waals surface area contributed by atoms with Gasteiger partial charge in [0.25, 0.3) is 0 Å².